The Bertz CT molecular complexity index is 988. The predicted octanol–water partition coefficient (Wildman–Crippen LogP) is 4.21. The fraction of sp³-hybridized carbons (Fsp3) is 0.333. The van der Waals surface area contributed by atoms with E-state index in [1.807, 2.05) is 30.3 Å². The zero-order valence-electron chi connectivity index (χ0n) is 17.9. The molecule has 1 aliphatic rings. The fourth-order valence-corrected chi connectivity index (χ4v) is 3.61. The van der Waals surface area contributed by atoms with Gasteiger partial charge in [-0.05, 0) is 23.8 Å². The standard InChI is InChI=1S/C24H27NO5/c1-24(2,3)22(27)19-20(17-13-16(29-4)11-12-18(17)30-5)25(23(28)21(19)26)14-15-9-7-6-8-10-15/h6-13,20,26H,14H2,1-5H3. The summed E-state index contributed by atoms with van der Waals surface area (Å²) >= 11 is 0. The number of Topliss-reactive ketones (excluding diaryl/α,β-unsaturated/α-hetero) is 1. The van der Waals surface area contributed by atoms with Crippen molar-refractivity contribution < 1.29 is 24.2 Å². The van der Waals surface area contributed by atoms with Gasteiger partial charge in [0, 0.05) is 17.5 Å². The number of ether oxygens (including phenoxy) is 2. The van der Waals surface area contributed by atoms with Crippen molar-refractivity contribution in [2.45, 2.75) is 33.4 Å². The minimum atomic E-state index is -0.797. The Kier molecular flexibility index (Phi) is 5.87. The summed E-state index contributed by atoms with van der Waals surface area (Å²) in [7, 11) is 3.07. The lowest BCUT2D eigenvalue weighted by atomic mass is 9.82. The summed E-state index contributed by atoms with van der Waals surface area (Å²) in [5.74, 6) is -0.326. The van der Waals surface area contributed by atoms with Crippen LogP contribution < -0.4 is 9.47 Å². The van der Waals surface area contributed by atoms with Crippen LogP contribution in [0.15, 0.2) is 59.9 Å². The number of benzene rings is 2. The number of methoxy groups -OCH3 is 2. The van der Waals surface area contributed by atoms with E-state index in [-0.39, 0.29) is 17.9 Å². The van der Waals surface area contributed by atoms with E-state index in [9.17, 15) is 14.7 Å². The van der Waals surface area contributed by atoms with Crippen molar-refractivity contribution in [1.29, 1.82) is 0 Å². The molecule has 6 nitrogen and oxygen atoms in total. The number of aliphatic hydroxyl groups excluding tert-OH is 1. The van der Waals surface area contributed by atoms with Gasteiger partial charge in [-0.3, -0.25) is 9.59 Å². The van der Waals surface area contributed by atoms with E-state index in [0.717, 1.165) is 5.56 Å². The summed E-state index contributed by atoms with van der Waals surface area (Å²) in [5.41, 5.74) is 0.763. The number of rotatable bonds is 6. The van der Waals surface area contributed by atoms with Gasteiger partial charge in [0.25, 0.3) is 5.91 Å². The number of carbonyl (C=O) groups is 2. The summed E-state index contributed by atoms with van der Waals surface area (Å²) in [6.45, 7) is 5.52. The maximum Gasteiger partial charge on any atom is 0.290 e. The van der Waals surface area contributed by atoms with Gasteiger partial charge >= 0.3 is 0 Å². The van der Waals surface area contributed by atoms with Gasteiger partial charge in [0.1, 0.15) is 11.5 Å². The Morgan fingerprint density at radius 3 is 2.30 bits per heavy atom. The lowest BCUT2D eigenvalue weighted by molar-refractivity contribution is -0.130. The van der Waals surface area contributed by atoms with E-state index in [1.54, 1.807) is 46.1 Å². The second kappa shape index (κ2) is 8.22. The summed E-state index contributed by atoms with van der Waals surface area (Å²) in [4.78, 5) is 27.9. The van der Waals surface area contributed by atoms with Crippen LogP contribution in [0, 0.1) is 5.41 Å². The highest BCUT2D eigenvalue weighted by atomic mass is 16.5. The number of carbonyl (C=O) groups excluding carboxylic acids is 2. The molecule has 0 aliphatic carbocycles. The fourth-order valence-electron chi connectivity index (χ4n) is 3.61. The minimum Gasteiger partial charge on any atom is -0.503 e. The van der Waals surface area contributed by atoms with E-state index in [0.29, 0.717) is 17.1 Å². The Labute approximate surface area is 176 Å². The smallest absolute Gasteiger partial charge is 0.290 e. The van der Waals surface area contributed by atoms with Crippen LogP contribution in [-0.4, -0.2) is 35.9 Å². The molecule has 2 aromatic carbocycles. The second-order valence-electron chi connectivity index (χ2n) is 8.27. The average molecular weight is 409 g/mol. The summed E-state index contributed by atoms with van der Waals surface area (Å²) in [6.07, 6.45) is 0. The molecule has 0 saturated carbocycles. The van der Waals surface area contributed by atoms with E-state index in [1.165, 1.54) is 12.0 Å². The number of hydrogen-bond acceptors (Lipinski definition) is 5. The van der Waals surface area contributed by atoms with E-state index >= 15 is 0 Å². The first-order valence-corrected chi connectivity index (χ1v) is 9.73. The van der Waals surface area contributed by atoms with Crippen molar-refractivity contribution in [2.24, 2.45) is 5.41 Å². The van der Waals surface area contributed by atoms with Crippen molar-refractivity contribution >= 4 is 11.7 Å². The van der Waals surface area contributed by atoms with Crippen LogP contribution in [0.25, 0.3) is 0 Å². The molecule has 1 heterocycles. The molecule has 1 atom stereocenters. The predicted molar refractivity (Wildman–Crippen MR) is 113 cm³/mol. The molecular formula is C24H27NO5. The molecule has 0 fully saturated rings. The first-order chi connectivity index (χ1) is 14.2. The third-order valence-electron chi connectivity index (χ3n) is 5.16. The molecule has 158 valence electrons. The van der Waals surface area contributed by atoms with Gasteiger partial charge in [-0.1, -0.05) is 51.1 Å². The van der Waals surface area contributed by atoms with Gasteiger partial charge in [-0.25, -0.2) is 0 Å². The lowest BCUT2D eigenvalue weighted by Gasteiger charge is -2.30. The largest absolute Gasteiger partial charge is 0.503 e. The molecular weight excluding hydrogens is 382 g/mol. The molecule has 6 heteroatoms. The molecule has 0 saturated heterocycles. The topological polar surface area (TPSA) is 76.1 Å². The Balaban J connectivity index is 2.20. The first-order valence-electron chi connectivity index (χ1n) is 9.73. The van der Waals surface area contributed by atoms with Crippen LogP contribution >= 0.6 is 0 Å². The van der Waals surface area contributed by atoms with Crippen molar-refractivity contribution in [3.8, 4) is 11.5 Å². The van der Waals surface area contributed by atoms with E-state index in [2.05, 4.69) is 0 Å². The summed E-state index contributed by atoms with van der Waals surface area (Å²) in [6, 6.07) is 13.9. The highest BCUT2D eigenvalue weighted by Gasteiger charge is 2.47. The van der Waals surface area contributed by atoms with Gasteiger partial charge < -0.3 is 19.5 Å². The normalized spacial score (nSPS) is 16.8. The van der Waals surface area contributed by atoms with Gasteiger partial charge in [0.05, 0.1) is 25.8 Å². The Morgan fingerprint density at radius 1 is 1.07 bits per heavy atom. The summed E-state index contributed by atoms with van der Waals surface area (Å²) < 4.78 is 10.9. The SMILES string of the molecule is COc1ccc(OC)c(C2C(C(=O)C(C)(C)C)=C(O)C(=O)N2Cc2ccccc2)c1. The third kappa shape index (κ3) is 3.90. The van der Waals surface area contributed by atoms with Crippen LogP contribution in [0.4, 0.5) is 0 Å². The molecule has 1 unspecified atom stereocenters. The van der Waals surface area contributed by atoms with E-state index in [4.69, 9.17) is 9.47 Å². The molecule has 3 rings (SSSR count). The molecule has 0 spiro atoms. The average Bonchev–Trinajstić information content (AvgIpc) is 2.97. The number of amides is 1. The number of hydrogen-bond donors (Lipinski definition) is 1. The maximum atomic E-state index is 13.3. The molecule has 1 N–H and O–H groups in total. The zero-order chi connectivity index (χ0) is 22.1. The molecule has 0 radical (unpaired) electrons. The maximum absolute atomic E-state index is 13.3. The number of aliphatic hydroxyl groups is 1. The monoisotopic (exact) mass is 409 g/mol. The summed E-state index contributed by atoms with van der Waals surface area (Å²) in [5, 5.41) is 10.8. The van der Waals surface area contributed by atoms with Crippen molar-refractivity contribution in [3.05, 3.63) is 71.0 Å². The van der Waals surface area contributed by atoms with Crippen molar-refractivity contribution in [2.75, 3.05) is 14.2 Å². The molecule has 2 aromatic rings. The minimum absolute atomic E-state index is 0.0787. The second-order valence-corrected chi connectivity index (χ2v) is 8.27. The van der Waals surface area contributed by atoms with Crippen LogP contribution in [0.1, 0.15) is 37.9 Å². The quantitative estimate of drug-likeness (QED) is 0.773. The lowest BCUT2D eigenvalue weighted by Crippen LogP contribution is -2.32. The third-order valence-corrected chi connectivity index (χ3v) is 5.16. The highest BCUT2D eigenvalue weighted by Crippen LogP contribution is 2.45. The zero-order valence-corrected chi connectivity index (χ0v) is 17.9. The Hall–Kier alpha value is -3.28. The van der Waals surface area contributed by atoms with Crippen LogP contribution in [0.2, 0.25) is 0 Å². The van der Waals surface area contributed by atoms with E-state index < -0.39 is 23.1 Å². The van der Waals surface area contributed by atoms with Gasteiger partial charge in [-0.2, -0.15) is 0 Å². The van der Waals surface area contributed by atoms with Gasteiger partial charge in [0.2, 0.25) is 0 Å². The van der Waals surface area contributed by atoms with Crippen LogP contribution in [0.3, 0.4) is 0 Å². The molecule has 0 bridgehead atoms. The van der Waals surface area contributed by atoms with Crippen LogP contribution in [0.5, 0.6) is 11.5 Å². The first kappa shape index (κ1) is 21.4. The van der Waals surface area contributed by atoms with Gasteiger partial charge in [0.15, 0.2) is 11.5 Å². The Morgan fingerprint density at radius 2 is 1.73 bits per heavy atom. The van der Waals surface area contributed by atoms with Crippen molar-refractivity contribution in [1.82, 2.24) is 4.90 Å². The molecule has 1 aliphatic heterocycles. The molecule has 30 heavy (non-hydrogen) atoms. The highest BCUT2D eigenvalue weighted by molar-refractivity contribution is 6.10. The molecule has 0 aromatic heterocycles. The van der Waals surface area contributed by atoms with Crippen molar-refractivity contribution in [3.63, 3.8) is 0 Å². The van der Waals surface area contributed by atoms with Gasteiger partial charge in [-0.15, -0.1) is 0 Å². The number of nitrogens with zero attached hydrogens (tertiary/aromatic N) is 1. The molecule has 1 amide bonds. The number of ketones is 1. The van der Waals surface area contributed by atoms with Crippen LogP contribution in [-0.2, 0) is 16.1 Å².